The summed E-state index contributed by atoms with van der Waals surface area (Å²) in [5, 5.41) is 1.21. The SMILES string of the molecule is COCC(=O)N1CCC(C)(c2ncc(C)s2)CC1. The fraction of sp³-hybridized carbons (Fsp3) is 0.692. The van der Waals surface area contributed by atoms with Gasteiger partial charge in [-0.05, 0) is 19.8 Å². The van der Waals surface area contributed by atoms with Crippen LogP contribution in [-0.2, 0) is 14.9 Å². The van der Waals surface area contributed by atoms with E-state index in [2.05, 4.69) is 18.8 Å². The second-order valence-electron chi connectivity index (χ2n) is 5.15. The van der Waals surface area contributed by atoms with Crippen molar-refractivity contribution in [3.05, 3.63) is 16.1 Å². The largest absolute Gasteiger partial charge is 0.375 e. The predicted molar refractivity (Wildman–Crippen MR) is 71.9 cm³/mol. The third-order valence-electron chi connectivity index (χ3n) is 3.63. The molecule has 1 amide bonds. The number of hydrogen-bond donors (Lipinski definition) is 0. The first kappa shape index (κ1) is 13.5. The first-order valence-electron chi connectivity index (χ1n) is 6.25. The summed E-state index contributed by atoms with van der Waals surface area (Å²) in [6, 6.07) is 0. The first-order chi connectivity index (χ1) is 8.55. The number of piperidine rings is 1. The lowest BCUT2D eigenvalue weighted by Gasteiger charge is -2.38. The van der Waals surface area contributed by atoms with Gasteiger partial charge in [-0.25, -0.2) is 4.98 Å². The summed E-state index contributed by atoms with van der Waals surface area (Å²) in [6.45, 7) is 6.13. The van der Waals surface area contributed by atoms with Gasteiger partial charge in [-0.1, -0.05) is 6.92 Å². The number of thiazole rings is 1. The molecule has 0 atom stereocenters. The lowest BCUT2D eigenvalue weighted by Crippen LogP contribution is -2.45. The fourth-order valence-electron chi connectivity index (χ4n) is 2.31. The van der Waals surface area contributed by atoms with Crippen molar-refractivity contribution in [2.24, 2.45) is 0 Å². The van der Waals surface area contributed by atoms with Crippen molar-refractivity contribution < 1.29 is 9.53 Å². The van der Waals surface area contributed by atoms with Gasteiger partial charge in [0.2, 0.25) is 5.91 Å². The molecule has 2 rings (SSSR count). The van der Waals surface area contributed by atoms with Crippen LogP contribution in [-0.4, -0.2) is 42.6 Å². The second kappa shape index (κ2) is 5.36. The summed E-state index contributed by atoms with van der Waals surface area (Å²) >= 11 is 1.77. The zero-order chi connectivity index (χ0) is 13.2. The molecule has 0 bridgehead atoms. The molecule has 0 aliphatic carbocycles. The molecule has 0 saturated carbocycles. The molecule has 100 valence electrons. The van der Waals surface area contributed by atoms with Gasteiger partial charge in [0.1, 0.15) is 6.61 Å². The molecule has 18 heavy (non-hydrogen) atoms. The lowest BCUT2D eigenvalue weighted by molar-refractivity contribution is -0.136. The Morgan fingerprint density at radius 3 is 2.72 bits per heavy atom. The third kappa shape index (κ3) is 2.72. The molecular formula is C13H20N2O2S. The van der Waals surface area contributed by atoms with E-state index >= 15 is 0 Å². The molecule has 1 aliphatic heterocycles. The van der Waals surface area contributed by atoms with E-state index in [4.69, 9.17) is 4.74 Å². The minimum Gasteiger partial charge on any atom is -0.375 e. The number of likely N-dealkylation sites (tertiary alicyclic amines) is 1. The molecule has 0 spiro atoms. The standard InChI is InChI=1S/C13H20N2O2S/c1-10-8-14-12(18-10)13(2)4-6-15(7-5-13)11(16)9-17-3/h8H,4-7,9H2,1-3H3. The molecular weight excluding hydrogens is 248 g/mol. The van der Waals surface area contributed by atoms with Crippen molar-refractivity contribution >= 4 is 17.2 Å². The molecule has 0 N–H and O–H groups in total. The highest BCUT2D eigenvalue weighted by Gasteiger charge is 2.35. The van der Waals surface area contributed by atoms with E-state index in [1.807, 2.05) is 11.1 Å². The summed E-state index contributed by atoms with van der Waals surface area (Å²) in [6.07, 6.45) is 3.90. The zero-order valence-corrected chi connectivity index (χ0v) is 12.0. The van der Waals surface area contributed by atoms with Crippen molar-refractivity contribution in [2.75, 3.05) is 26.8 Å². The van der Waals surface area contributed by atoms with Gasteiger partial charge in [-0.2, -0.15) is 0 Å². The molecule has 0 aromatic carbocycles. The van der Waals surface area contributed by atoms with Crippen LogP contribution < -0.4 is 0 Å². The van der Waals surface area contributed by atoms with Crippen LogP contribution in [0.15, 0.2) is 6.20 Å². The van der Waals surface area contributed by atoms with E-state index in [0.717, 1.165) is 25.9 Å². The highest BCUT2D eigenvalue weighted by molar-refractivity contribution is 7.11. The molecule has 1 fully saturated rings. The molecule has 0 radical (unpaired) electrons. The Hall–Kier alpha value is -0.940. The number of carbonyl (C=O) groups is 1. The maximum absolute atomic E-state index is 11.7. The lowest BCUT2D eigenvalue weighted by atomic mass is 9.81. The highest BCUT2D eigenvalue weighted by Crippen LogP contribution is 2.37. The normalized spacial score (nSPS) is 18.9. The summed E-state index contributed by atoms with van der Waals surface area (Å²) in [5.41, 5.74) is 0.128. The number of nitrogens with zero attached hydrogens (tertiary/aromatic N) is 2. The van der Waals surface area contributed by atoms with Crippen molar-refractivity contribution in [2.45, 2.75) is 32.1 Å². The second-order valence-corrected chi connectivity index (χ2v) is 6.39. The Morgan fingerprint density at radius 2 is 2.22 bits per heavy atom. The summed E-state index contributed by atoms with van der Waals surface area (Å²) in [5.74, 6) is 0.0925. The Balaban J connectivity index is 1.99. The molecule has 0 unspecified atom stereocenters. The van der Waals surface area contributed by atoms with E-state index in [1.54, 1.807) is 18.4 Å². The summed E-state index contributed by atoms with van der Waals surface area (Å²) < 4.78 is 4.90. The van der Waals surface area contributed by atoms with Crippen LogP contribution in [0.3, 0.4) is 0 Å². The van der Waals surface area contributed by atoms with Gasteiger partial charge in [0.05, 0.1) is 5.01 Å². The molecule has 4 nitrogen and oxygen atoms in total. The monoisotopic (exact) mass is 268 g/mol. The van der Waals surface area contributed by atoms with Crippen molar-refractivity contribution in [1.29, 1.82) is 0 Å². The van der Waals surface area contributed by atoms with Crippen molar-refractivity contribution in [3.8, 4) is 0 Å². The average Bonchev–Trinajstić information content (AvgIpc) is 2.78. The van der Waals surface area contributed by atoms with Gasteiger partial charge in [0.25, 0.3) is 0 Å². The number of ether oxygens (including phenoxy) is 1. The maximum Gasteiger partial charge on any atom is 0.248 e. The fourth-order valence-corrected chi connectivity index (χ4v) is 3.28. The van der Waals surface area contributed by atoms with Crippen LogP contribution in [0, 0.1) is 6.92 Å². The van der Waals surface area contributed by atoms with E-state index in [9.17, 15) is 4.79 Å². The summed E-state index contributed by atoms with van der Waals surface area (Å²) in [7, 11) is 1.56. The zero-order valence-electron chi connectivity index (χ0n) is 11.2. The molecule has 1 aliphatic rings. The summed E-state index contributed by atoms with van der Waals surface area (Å²) in [4.78, 5) is 19.4. The number of hydrogen-bond acceptors (Lipinski definition) is 4. The van der Waals surface area contributed by atoms with Crippen molar-refractivity contribution in [1.82, 2.24) is 9.88 Å². The third-order valence-corrected chi connectivity index (χ3v) is 4.84. The average molecular weight is 268 g/mol. The van der Waals surface area contributed by atoms with Crippen LogP contribution >= 0.6 is 11.3 Å². The van der Waals surface area contributed by atoms with Crippen molar-refractivity contribution in [3.63, 3.8) is 0 Å². The first-order valence-corrected chi connectivity index (χ1v) is 7.06. The number of aromatic nitrogens is 1. The van der Waals surface area contributed by atoms with E-state index < -0.39 is 0 Å². The van der Waals surface area contributed by atoms with E-state index in [0.29, 0.717) is 0 Å². The molecule has 1 saturated heterocycles. The minimum atomic E-state index is 0.0925. The van der Waals surface area contributed by atoms with Gasteiger partial charge < -0.3 is 9.64 Å². The Labute approximate surface area is 112 Å². The maximum atomic E-state index is 11.7. The number of aryl methyl sites for hydroxylation is 1. The van der Waals surface area contributed by atoms with Gasteiger partial charge in [-0.15, -0.1) is 11.3 Å². The van der Waals surface area contributed by atoms with Crippen LogP contribution in [0.2, 0.25) is 0 Å². The molecule has 1 aromatic heterocycles. The topological polar surface area (TPSA) is 42.4 Å². The van der Waals surface area contributed by atoms with Crippen LogP contribution in [0.1, 0.15) is 29.7 Å². The quantitative estimate of drug-likeness (QED) is 0.842. The Kier molecular flexibility index (Phi) is 4.02. The van der Waals surface area contributed by atoms with Crippen LogP contribution in [0.4, 0.5) is 0 Å². The van der Waals surface area contributed by atoms with Gasteiger partial charge in [-0.3, -0.25) is 4.79 Å². The number of carbonyl (C=O) groups excluding carboxylic acids is 1. The number of rotatable bonds is 3. The highest BCUT2D eigenvalue weighted by atomic mass is 32.1. The minimum absolute atomic E-state index is 0.0925. The number of amides is 1. The Morgan fingerprint density at radius 1 is 1.56 bits per heavy atom. The van der Waals surface area contributed by atoms with Crippen LogP contribution in [0.25, 0.3) is 0 Å². The molecule has 2 heterocycles. The van der Waals surface area contributed by atoms with E-state index in [-0.39, 0.29) is 17.9 Å². The molecule has 1 aromatic rings. The number of methoxy groups -OCH3 is 1. The van der Waals surface area contributed by atoms with Gasteiger partial charge in [0.15, 0.2) is 0 Å². The predicted octanol–water partition coefficient (Wildman–Crippen LogP) is 1.98. The van der Waals surface area contributed by atoms with Crippen LogP contribution in [0.5, 0.6) is 0 Å². The molecule has 5 heteroatoms. The van der Waals surface area contributed by atoms with E-state index in [1.165, 1.54) is 9.88 Å². The van der Waals surface area contributed by atoms with Gasteiger partial charge in [0, 0.05) is 36.7 Å². The smallest absolute Gasteiger partial charge is 0.248 e. The Bertz CT molecular complexity index is 422. The van der Waals surface area contributed by atoms with Gasteiger partial charge >= 0.3 is 0 Å².